The molecule has 0 radical (unpaired) electrons. The van der Waals surface area contributed by atoms with Crippen LogP contribution in [0.3, 0.4) is 0 Å². The van der Waals surface area contributed by atoms with E-state index in [0.717, 1.165) is 23.2 Å². The summed E-state index contributed by atoms with van der Waals surface area (Å²) in [6.07, 6.45) is 0.758. The van der Waals surface area contributed by atoms with Gasteiger partial charge >= 0.3 is 5.97 Å². The Kier molecular flexibility index (Phi) is 7.21. The molecule has 0 amide bonds. The Morgan fingerprint density at radius 1 is 1.29 bits per heavy atom. The highest BCUT2D eigenvalue weighted by atomic mass is 35.5. The number of hydrogen-bond donors (Lipinski definition) is 2. The molecule has 0 spiro atoms. The molecule has 2 aromatic rings. The summed E-state index contributed by atoms with van der Waals surface area (Å²) in [6.45, 7) is 6.18. The first-order valence-corrected chi connectivity index (χ1v) is 7.94. The summed E-state index contributed by atoms with van der Waals surface area (Å²) < 4.78 is 0. The van der Waals surface area contributed by atoms with Crippen LogP contribution in [-0.4, -0.2) is 16.1 Å². The Labute approximate surface area is 153 Å². The summed E-state index contributed by atoms with van der Waals surface area (Å²) in [4.78, 5) is 16.3. The van der Waals surface area contributed by atoms with Crippen LogP contribution in [0.4, 0.5) is 0 Å². The fourth-order valence-corrected chi connectivity index (χ4v) is 2.90. The molecule has 1 aromatic carbocycles. The molecule has 6 heteroatoms. The fraction of sp³-hybridized carbons (Fsp3) is 0.333. The minimum absolute atomic E-state index is 0. The normalized spacial score (nSPS) is 10.6. The van der Waals surface area contributed by atoms with Gasteiger partial charge in [0.15, 0.2) is 0 Å². The Bertz CT molecular complexity index is 729. The molecule has 0 bridgehead atoms. The Morgan fingerprint density at radius 2 is 1.88 bits per heavy atom. The van der Waals surface area contributed by atoms with Crippen LogP contribution in [-0.2, 0) is 13.0 Å². The van der Waals surface area contributed by atoms with Crippen LogP contribution in [0.2, 0.25) is 5.02 Å². The van der Waals surface area contributed by atoms with Gasteiger partial charge in [0.2, 0.25) is 0 Å². The van der Waals surface area contributed by atoms with Crippen molar-refractivity contribution in [3.63, 3.8) is 0 Å². The molecule has 0 aliphatic carbocycles. The first-order valence-electron chi connectivity index (χ1n) is 7.56. The molecule has 0 saturated heterocycles. The number of nitrogens with two attached hydrogens (primary N) is 1. The van der Waals surface area contributed by atoms with Crippen LogP contribution in [0, 0.1) is 12.8 Å². The predicted octanol–water partition coefficient (Wildman–Crippen LogP) is 4.49. The summed E-state index contributed by atoms with van der Waals surface area (Å²) in [5.41, 5.74) is 9.79. The van der Waals surface area contributed by atoms with Gasteiger partial charge in [0, 0.05) is 22.8 Å². The maximum Gasteiger partial charge on any atom is 0.338 e. The van der Waals surface area contributed by atoms with Gasteiger partial charge in [0.25, 0.3) is 0 Å². The number of halogens is 2. The summed E-state index contributed by atoms with van der Waals surface area (Å²) in [5.74, 6) is -0.591. The average Bonchev–Trinajstić information content (AvgIpc) is 2.46. The van der Waals surface area contributed by atoms with Gasteiger partial charge in [-0.25, -0.2) is 4.79 Å². The molecule has 130 valence electrons. The van der Waals surface area contributed by atoms with Crippen molar-refractivity contribution < 1.29 is 9.90 Å². The second kappa shape index (κ2) is 8.47. The van der Waals surface area contributed by atoms with Crippen molar-refractivity contribution in [3.05, 3.63) is 51.8 Å². The van der Waals surface area contributed by atoms with Crippen LogP contribution in [0.1, 0.15) is 41.2 Å². The van der Waals surface area contributed by atoms with Gasteiger partial charge in [-0.3, -0.25) is 4.98 Å². The minimum atomic E-state index is -0.995. The van der Waals surface area contributed by atoms with Gasteiger partial charge in [-0.1, -0.05) is 37.6 Å². The molecule has 4 nitrogen and oxygen atoms in total. The molecule has 0 saturated carbocycles. The number of nitrogens with zero attached hydrogens (tertiary/aromatic N) is 1. The zero-order valence-electron chi connectivity index (χ0n) is 14.0. The highest BCUT2D eigenvalue weighted by Crippen LogP contribution is 2.33. The summed E-state index contributed by atoms with van der Waals surface area (Å²) >= 11 is 5.95. The van der Waals surface area contributed by atoms with Gasteiger partial charge in [0.05, 0.1) is 11.3 Å². The number of benzene rings is 1. The molecular formula is C18H22Cl2N2O2. The SMILES string of the molecule is Cc1nc(CC(C)C)c(CN)c(-c2ccc(Cl)cc2)c1C(=O)O.Cl. The zero-order chi connectivity index (χ0) is 17.1. The van der Waals surface area contributed by atoms with Gasteiger partial charge < -0.3 is 10.8 Å². The lowest BCUT2D eigenvalue weighted by Gasteiger charge is -2.19. The lowest BCUT2D eigenvalue weighted by Crippen LogP contribution is -2.15. The summed E-state index contributed by atoms with van der Waals surface area (Å²) in [6, 6.07) is 7.14. The number of carboxylic acid groups (broad SMARTS) is 1. The summed E-state index contributed by atoms with van der Waals surface area (Å²) in [7, 11) is 0. The monoisotopic (exact) mass is 368 g/mol. The van der Waals surface area contributed by atoms with E-state index in [1.807, 2.05) is 12.1 Å². The van der Waals surface area contributed by atoms with Crippen LogP contribution in [0.25, 0.3) is 11.1 Å². The van der Waals surface area contributed by atoms with E-state index in [0.29, 0.717) is 22.2 Å². The molecule has 0 aliphatic heterocycles. The lowest BCUT2D eigenvalue weighted by atomic mass is 9.90. The maximum absolute atomic E-state index is 11.8. The van der Waals surface area contributed by atoms with E-state index >= 15 is 0 Å². The minimum Gasteiger partial charge on any atom is -0.478 e. The number of hydrogen-bond acceptors (Lipinski definition) is 3. The van der Waals surface area contributed by atoms with Crippen molar-refractivity contribution >= 4 is 30.0 Å². The third-order valence-corrected chi connectivity index (χ3v) is 3.97. The molecule has 0 aliphatic rings. The van der Waals surface area contributed by atoms with Crippen LogP contribution in [0.15, 0.2) is 24.3 Å². The second-order valence-electron chi connectivity index (χ2n) is 5.99. The molecule has 3 N–H and O–H groups in total. The molecule has 2 rings (SSSR count). The largest absolute Gasteiger partial charge is 0.478 e. The van der Waals surface area contributed by atoms with Gasteiger partial charge in [-0.15, -0.1) is 12.4 Å². The van der Waals surface area contributed by atoms with E-state index in [1.54, 1.807) is 19.1 Å². The van der Waals surface area contributed by atoms with E-state index in [9.17, 15) is 9.90 Å². The predicted molar refractivity (Wildman–Crippen MR) is 100 cm³/mol. The summed E-state index contributed by atoms with van der Waals surface area (Å²) in [5, 5.41) is 10.3. The van der Waals surface area contributed by atoms with Crippen molar-refractivity contribution in [1.82, 2.24) is 4.98 Å². The Morgan fingerprint density at radius 3 is 2.33 bits per heavy atom. The topological polar surface area (TPSA) is 76.2 Å². The van der Waals surface area contributed by atoms with Crippen LogP contribution in [0.5, 0.6) is 0 Å². The number of pyridine rings is 1. The van der Waals surface area contributed by atoms with Crippen molar-refractivity contribution in [1.29, 1.82) is 0 Å². The number of carbonyl (C=O) groups is 1. The number of aryl methyl sites for hydroxylation is 1. The first-order chi connectivity index (χ1) is 10.8. The first kappa shape index (κ1) is 20.4. The van der Waals surface area contributed by atoms with E-state index in [-0.39, 0.29) is 24.5 Å². The molecular weight excluding hydrogens is 347 g/mol. The zero-order valence-corrected chi connectivity index (χ0v) is 15.5. The lowest BCUT2D eigenvalue weighted by molar-refractivity contribution is 0.0696. The Balaban J connectivity index is 0.00000288. The van der Waals surface area contributed by atoms with Crippen molar-refractivity contribution in [3.8, 4) is 11.1 Å². The number of rotatable bonds is 5. The van der Waals surface area contributed by atoms with E-state index in [4.69, 9.17) is 17.3 Å². The van der Waals surface area contributed by atoms with E-state index in [1.165, 1.54) is 0 Å². The quantitative estimate of drug-likeness (QED) is 0.814. The van der Waals surface area contributed by atoms with Gasteiger partial charge in [0.1, 0.15) is 0 Å². The standard InChI is InChI=1S/C18H21ClN2O2.ClH/c1-10(2)8-15-14(9-20)17(12-4-6-13(19)7-5-12)16(18(22)23)11(3)21-15;/h4-7,10H,8-9,20H2,1-3H3,(H,22,23);1H. The van der Waals surface area contributed by atoms with Crippen LogP contribution >= 0.6 is 24.0 Å². The van der Waals surface area contributed by atoms with E-state index in [2.05, 4.69) is 18.8 Å². The molecule has 1 aromatic heterocycles. The molecule has 24 heavy (non-hydrogen) atoms. The third-order valence-electron chi connectivity index (χ3n) is 3.72. The van der Waals surface area contributed by atoms with Crippen molar-refractivity contribution in [2.45, 2.75) is 33.7 Å². The van der Waals surface area contributed by atoms with Crippen molar-refractivity contribution in [2.24, 2.45) is 11.7 Å². The third kappa shape index (κ3) is 4.26. The Hall–Kier alpha value is -1.62. The number of carboxylic acids is 1. The van der Waals surface area contributed by atoms with Gasteiger partial charge in [-0.05, 0) is 42.5 Å². The van der Waals surface area contributed by atoms with Gasteiger partial charge in [-0.2, -0.15) is 0 Å². The van der Waals surface area contributed by atoms with E-state index < -0.39 is 5.97 Å². The molecule has 0 atom stereocenters. The van der Waals surface area contributed by atoms with Crippen molar-refractivity contribution in [2.75, 3.05) is 0 Å². The molecule has 0 fully saturated rings. The highest BCUT2D eigenvalue weighted by molar-refractivity contribution is 6.30. The second-order valence-corrected chi connectivity index (χ2v) is 6.42. The fourth-order valence-electron chi connectivity index (χ4n) is 2.77. The van der Waals surface area contributed by atoms with Crippen LogP contribution < -0.4 is 5.73 Å². The average molecular weight is 369 g/mol. The number of aromatic carboxylic acids is 1. The molecule has 1 heterocycles. The highest BCUT2D eigenvalue weighted by Gasteiger charge is 2.23. The smallest absolute Gasteiger partial charge is 0.338 e. The molecule has 0 unspecified atom stereocenters. The maximum atomic E-state index is 11.8. The number of aromatic nitrogens is 1.